The zero-order valence-corrected chi connectivity index (χ0v) is 20.9. The van der Waals surface area contributed by atoms with Crippen LogP contribution in [0, 0.1) is 0 Å². The number of pyridine rings is 1. The van der Waals surface area contributed by atoms with Crippen molar-refractivity contribution in [2.45, 2.75) is 32.9 Å². The summed E-state index contributed by atoms with van der Waals surface area (Å²) in [6.07, 6.45) is 0.171. The molecule has 0 aliphatic rings. The fourth-order valence-corrected chi connectivity index (χ4v) is 4.28. The minimum absolute atomic E-state index is 0.457. The molecule has 0 radical (unpaired) electrons. The van der Waals surface area contributed by atoms with Gasteiger partial charge in [-0.15, -0.1) is 0 Å². The Kier molecular flexibility index (Phi) is 8.11. The van der Waals surface area contributed by atoms with Crippen molar-refractivity contribution in [3.05, 3.63) is 65.4 Å². The van der Waals surface area contributed by atoms with Gasteiger partial charge < -0.3 is 10.2 Å². The molecule has 36 heavy (non-hydrogen) atoms. The third-order valence-corrected chi connectivity index (χ3v) is 6.28. The summed E-state index contributed by atoms with van der Waals surface area (Å²) in [4.78, 5) is 11.4. The van der Waals surface area contributed by atoms with Gasteiger partial charge in [-0.3, -0.25) is 0 Å². The molecular weight excluding hydrogens is 489 g/mol. The van der Waals surface area contributed by atoms with Gasteiger partial charge in [0.05, 0.1) is 22.3 Å². The van der Waals surface area contributed by atoms with Crippen LogP contribution < -0.4 is 5.32 Å². The Morgan fingerprint density at radius 2 is 1.86 bits per heavy atom. The van der Waals surface area contributed by atoms with E-state index in [0.717, 1.165) is 51.3 Å². The minimum atomic E-state index is -4.48. The maximum absolute atomic E-state index is 13.3. The van der Waals surface area contributed by atoms with Crippen LogP contribution in [-0.4, -0.2) is 50.7 Å². The van der Waals surface area contributed by atoms with Crippen LogP contribution in [0.5, 0.6) is 0 Å². The van der Waals surface area contributed by atoms with E-state index in [0.29, 0.717) is 39.0 Å². The summed E-state index contributed by atoms with van der Waals surface area (Å²) >= 11 is 6.20. The number of nitrogens with zero attached hydrogens (tertiary/aromatic N) is 5. The fourth-order valence-electron chi connectivity index (χ4n) is 4.09. The van der Waals surface area contributed by atoms with Crippen LogP contribution in [0.15, 0.2) is 54.9 Å². The van der Waals surface area contributed by atoms with E-state index in [2.05, 4.69) is 39.1 Å². The number of aromatic nitrogens is 4. The number of fused-ring (bicyclic) bond motifs is 1. The van der Waals surface area contributed by atoms with Gasteiger partial charge in [0.25, 0.3) is 0 Å². The Labute approximate surface area is 213 Å². The quantitative estimate of drug-likeness (QED) is 0.239. The number of hydrogen-bond acceptors (Lipinski definition) is 5. The molecule has 10 heteroatoms. The first-order chi connectivity index (χ1) is 17.3. The van der Waals surface area contributed by atoms with Gasteiger partial charge in [0, 0.05) is 29.5 Å². The van der Waals surface area contributed by atoms with E-state index >= 15 is 0 Å². The standard InChI is InChI=1S/C26H28ClF3N6/c1-3-35(4-2)15-6-5-13-31-25-32-14-12-21(33-25)23-22-11-10-19(26(28,29)30)17-36(22)34-24(23)18-8-7-9-20(27)16-18/h7-12,14,16-17H,3-6,13,15H2,1-2H3,(H,31,32,33). The summed E-state index contributed by atoms with van der Waals surface area (Å²) < 4.78 is 41.3. The van der Waals surface area contributed by atoms with E-state index in [9.17, 15) is 13.2 Å². The highest BCUT2D eigenvalue weighted by atomic mass is 35.5. The SMILES string of the molecule is CCN(CC)CCCCNc1nccc(-c2c(-c3cccc(Cl)c3)nn3cc(C(F)(F)F)ccc23)n1. The number of halogens is 4. The van der Waals surface area contributed by atoms with E-state index in [-0.39, 0.29) is 0 Å². The van der Waals surface area contributed by atoms with Crippen molar-refractivity contribution in [1.29, 1.82) is 0 Å². The van der Waals surface area contributed by atoms with Crippen LogP contribution >= 0.6 is 11.6 Å². The van der Waals surface area contributed by atoms with E-state index < -0.39 is 11.7 Å². The first-order valence-electron chi connectivity index (χ1n) is 11.9. The highest BCUT2D eigenvalue weighted by molar-refractivity contribution is 6.30. The molecule has 1 aromatic carbocycles. The molecule has 0 saturated heterocycles. The molecule has 0 aliphatic carbocycles. The first kappa shape index (κ1) is 25.9. The van der Waals surface area contributed by atoms with Gasteiger partial charge >= 0.3 is 6.18 Å². The van der Waals surface area contributed by atoms with Crippen LogP contribution in [0.4, 0.5) is 19.1 Å². The molecule has 3 heterocycles. The summed E-state index contributed by atoms with van der Waals surface area (Å²) in [5.41, 5.74) is 2.05. The van der Waals surface area contributed by atoms with E-state index in [1.807, 2.05) is 6.07 Å². The maximum Gasteiger partial charge on any atom is 0.417 e. The average Bonchev–Trinajstić information content (AvgIpc) is 3.25. The lowest BCUT2D eigenvalue weighted by Crippen LogP contribution is -2.24. The van der Waals surface area contributed by atoms with Gasteiger partial charge in [-0.1, -0.05) is 37.6 Å². The molecule has 3 aromatic heterocycles. The lowest BCUT2D eigenvalue weighted by Gasteiger charge is -2.17. The summed E-state index contributed by atoms with van der Waals surface area (Å²) in [6.45, 7) is 8.14. The molecule has 0 saturated carbocycles. The Morgan fingerprint density at radius 3 is 2.58 bits per heavy atom. The van der Waals surface area contributed by atoms with Crippen molar-refractivity contribution >= 4 is 23.1 Å². The van der Waals surface area contributed by atoms with Crippen LogP contribution in [0.1, 0.15) is 32.3 Å². The monoisotopic (exact) mass is 516 g/mol. The van der Waals surface area contributed by atoms with Crippen LogP contribution in [0.3, 0.4) is 0 Å². The van der Waals surface area contributed by atoms with Gasteiger partial charge in [-0.05, 0) is 62.8 Å². The van der Waals surface area contributed by atoms with E-state index in [1.54, 1.807) is 30.5 Å². The van der Waals surface area contributed by atoms with Crippen molar-refractivity contribution in [2.75, 3.05) is 31.5 Å². The molecule has 4 rings (SSSR count). The molecule has 0 unspecified atom stereocenters. The molecule has 0 spiro atoms. The molecule has 0 bridgehead atoms. The van der Waals surface area contributed by atoms with Crippen LogP contribution in [0.25, 0.3) is 28.0 Å². The summed E-state index contributed by atoms with van der Waals surface area (Å²) in [7, 11) is 0. The lowest BCUT2D eigenvalue weighted by atomic mass is 10.0. The Morgan fingerprint density at radius 1 is 1.06 bits per heavy atom. The second-order valence-corrected chi connectivity index (χ2v) is 8.84. The molecule has 1 N–H and O–H groups in total. The molecule has 4 aromatic rings. The van der Waals surface area contributed by atoms with Gasteiger partial charge in [0.2, 0.25) is 5.95 Å². The Balaban J connectivity index is 1.66. The van der Waals surface area contributed by atoms with Crippen molar-refractivity contribution < 1.29 is 13.2 Å². The third-order valence-electron chi connectivity index (χ3n) is 6.05. The number of nitrogens with one attached hydrogen (secondary N) is 1. The normalized spacial score (nSPS) is 12.0. The molecule has 190 valence electrons. The Bertz CT molecular complexity index is 1320. The highest BCUT2D eigenvalue weighted by Gasteiger charge is 2.31. The topological polar surface area (TPSA) is 58.3 Å². The summed E-state index contributed by atoms with van der Waals surface area (Å²) in [5.74, 6) is 0.457. The van der Waals surface area contributed by atoms with Crippen molar-refractivity contribution in [2.24, 2.45) is 0 Å². The van der Waals surface area contributed by atoms with Gasteiger partial charge in [-0.2, -0.15) is 18.3 Å². The fraction of sp³-hybridized carbons (Fsp3) is 0.346. The largest absolute Gasteiger partial charge is 0.417 e. The number of alkyl halides is 3. The van der Waals surface area contributed by atoms with E-state index in [4.69, 9.17) is 11.6 Å². The number of unbranched alkanes of at least 4 members (excludes halogenated alkanes) is 1. The number of benzene rings is 1. The zero-order chi connectivity index (χ0) is 25.7. The molecule has 0 aliphatic heterocycles. The van der Waals surface area contributed by atoms with Crippen molar-refractivity contribution in [3.63, 3.8) is 0 Å². The summed E-state index contributed by atoms with van der Waals surface area (Å²) in [6, 6.07) is 11.3. The Hall–Kier alpha value is -3.17. The molecule has 0 amide bonds. The van der Waals surface area contributed by atoms with Crippen molar-refractivity contribution in [1.82, 2.24) is 24.5 Å². The summed E-state index contributed by atoms with van der Waals surface area (Å²) in [5, 5.41) is 8.26. The minimum Gasteiger partial charge on any atom is -0.354 e. The lowest BCUT2D eigenvalue weighted by molar-refractivity contribution is -0.137. The predicted molar refractivity (Wildman–Crippen MR) is 137 cm³/mol. The molecule has 6 nitrogen and oxygen atoms in total. The number of hydrogen-bond donors (Lipinski definition) is 1. The van der Waals surface area contributed by atoms with Gasteiger partial charge in [0.15, 0.2) is 0 Å². The average molecular weight is 517 g/mol. The number of rotatable bonds is 10. The van der Waals surface area contributed by atoms with Gasteiger partial charge in [-0.25, -0.2) is 14.5 Å². The molecule has 0 atom stereocenters. The van der Waals surface area contributed by atoms with Crippen LogP contribution in [0.2, 0.25) is 5.02 Å². The number of anilines is 1. The highest BCUT2D eigenvalue weighted by Crippen LogP contribution is 2.37. The molecular formula is C26H28ClF3N6. The maximum atomic E-state index is 13.3. The van der Waals surface area contributed by atoms with Crippen LogP contribution in [-0.2, 0) is 6.18 Å². The predicted octanol–water partition coefficient (Wildman–Crippen LogP) is 6.66. The smallest absolute Gasteiger partial charge is 0.354 e. The van der Waals surface area contributed by atoms with Crippen molar-refractivity contribution in [3.8, 4) is 22.5 Å². The second-order valence-electron chi connectivity index (χ2n) is 8.41. The molecule has 0 fully saturated rings. The van der Waals surface area contributed by atoms with E-state index in [1.165, 1.54) is 10.6 Å². The third kappa shape index (κ3) is 5.96. The van der Waals surface area contributed by atoms with Gasteiger partial charge in [0.1, 0.15) is 5.69 Å². The zero-order valence-electron chi connectivity index (χ0n) is 20.2. The second kappa shape index (κ2) is 11.3. The first-order valence-corrected chi connectivity index (χ1v) is 12.3.